The van der Waals surface area contributed by atoms with Crippen LogP contribution in [-0.2, 0) is 6.42 Å². The normalized spacial score (nSPS) is 10.1. The molecule has 0 saturated heterocycles. The SMILES string of the molecule is C=CCc1cc(C=O)cc(OC)c1OCCOc1ccc(C)cc1. The molecule has 0 spiro atoms. The van der Waals surface area contributed by atoms with E-state index in [1.165, 1.54) is 5.56 Å². The summed E-state index contributed by atoms with van der Waals surface area (Å²) in [7, 11) is 1.55. The fourth-order valence-corrected chi connectivity index (χ4v) is 2.31. The van der Waals surface area contributed by atoms with Gasteiger partial charge in [-0.05, 0) is 37.6 Å². The van der Waals surface area contributed by atoms with Crippen LogP contribution in [0.2, 0.25) is 0 Å². The zero-order valence-electron chi connectivity index (χ0n) is 14.1. The summed E-state index contributed by atoms with van der Waals surface area (Å²) >= 11 is 0. The first-order valence-electron chi connectivity index (χ1n) is 7.77. The van der Waals surface area contributed by atoms with Gasteiger partial charge in [0.1, 0.15) is 25.2 Å². The lowest BCUT2D eigenvalue weighted by molar-refractivity contribution is 0.112. The van der Waals surface area contributed by atoms with E-state index in [1.807, 2.05) is 31.2 Å². The Morgan fingerprint density at radius 2 is 1.79 bits per heavy atom. The van der Waals surface area contributed by atoms with Gasteiger partial charge in [-0.1, -0.05) is 23.8 Å². The van der Waals surface area contributed by atoms with E-state index in [9.17, 15) is 4.79 Å². The Labute approximate surface area is 142 Å². The van der Waals surface area contributed by atoms with Gasteiger partial charge in [-0.2, -0.15) is 0 Å². The maximum absolute atomic E-state index is 11.0. The van der Waals surface area contributed by atoms with Gasteiger partial charge in [-0.25, -0.2) is 0 Å². The summed E-state index contributed by atoms with van der Waals surface area (Å²) in [4.78, 5) is 11.0. The van der Waals surface area contributed by atoms with E-state index < -0.39 is 0 Å². The first-order chi connectivity index (χ1) is 11.7. The van der Waals surface area contributed by atoms with Crippen LogP contribution in [-0.4, -0.2) is 26.6 Å². The van der Waals surface area contributed by atoms with Crippen LogP contribution >= 0.6 is 0 Å². The molecular weight excluding hydrogens is 304 g/mol. The number of hydrogen-bond donors (Lipinski definition) is 0. The number of ether oxygens (including phenoxy) is 3. The first-order valence-corrected chi connectivity index (χ1v) is 7.77. The highest BCUT2D eigenvalue weighted by Gasteiger charge is 2.12. The molecule has 4 nitrogen and oxygen atoms in total. The highest BCUT2D eigenvalue weighted by Crippen LogP contribution is 2.33. The van der Waals surface area contributed by atoms with Crippen molar-refractivity contribution in [3.05, 3.63) is 65.7 Å². The third-order valence-corrected chi connectivity index (χ3v) is 3.49. The number of benzene rings is 2. The molecule has 0 atom stereocenters. The Bertz CT molecular complexity index is 690. The average Bonchev–Trinajstić information content (AvgIpc) is 2.60. The number of carbonyl (C=O) groups excluding carboxylic acids is 1. The van der Waals surface area contributed by atoms with Crippen molar-refractivity contribution in [2.75, 3.05) is 20.3 Å². The Kier molecular flexibility index (Phi) is 6.43. The molecule has 2 aromatic carbocycles. The van der Waals surface area contributed by atoms with Crippen molar-refractivity contribution in [3.63, 3.8) is 0 Å². The van der Waals surface area contributed by atoms with Crippen LogP contribution in [0.15, 0.2) is 49.1 Å². The summed E-state index contributed by atoms with van der Waals surface area (Å²) in [5, 5.41) is 0. The fraction of sp³-hybridized carbons (Fsp3) is 0.250. The minimum absolute atomic E-state index is 0.370. The van der Waals surface area contributed by atoms with E-state index in [-0.39, 0.29) is 0 Å². The molecule has 0 radical (unpaired) electrons. The van der Waals surface area contributed by atoms with Gasteiger partial charge < -0.3 is 14.2 Å². The predicted octanol–water partition coefficient (Wildman–Crippen LogP) is 4.00. The quantitative estimate of drug-likeness (QED) is 0.397. The third-order valence-electron chi connectivity index (χ3n) is 3.49. The van der Waals surface area contributed by atoms with Crippen molar-refractivity contribution in [2.24, 2.45) is 0 Å². The first kappa shape index (κ1) is 17.6. The van der Waals surface area contributed by atoms with Gasteiger partial charge in [0.15, 0.2) is 11.5 Å². The fourth-order valence-electron chi connectivity index (χ4n) is 2.31. The van der Waals surface area contributed by atoms with Crippen molar-refractivity contribution >= 4 is 6.29 Å². The van der Waals surface area contributed by atoms with Gasteiger partial charge in [0, 0.05) is 11.1 Å². The second-order valence-corrected chi connectivity index (χ2v) is 5.33. The van der Waals surface area contributed by atoms with Gasteiger partial charge in [-0.15, -0.1) is 6.58 Å². The Hall–Kier alpha value is -2.75. The standard InChI is InChI=1S/C20H22O4/c1-4-5-17-12-16(14-21)13-19(22-3)20(17)24-11-10-23-18-8-6-15(2)7-9-18/h4,6-9,12-14H,1,5,10-11H2,2-3H3. The minimum atomic E-state index is 0.370. The smallest absolute Gasteiger partial charge is 0.164 e. The summed E-state index contributed by atoms with van der Waals surface area (Å²) in [5.41, 5.74) is 2.60. The number of aldehydes is 1. The molecule has 0 unspecified atom stereocenters. The molecule has 0 aromatic heterocycles. The molecular formula is C20H22O4. The van der Waals surface area contributed by atoms with E-state index in [1.54, 1.807) is 25.3 Å². The Morgan fingerprint density at radius 1 is 1.08 bits per heavy atom. The van der Waals surface area contributed by atoms with Crippen LogP contribution in [0.4, 0.5) is 0 Å². The maximum Gasteiger partial charge on any atom is 0.164 e. The van der Waals surface area contributed by atoms with E-state index in [0.29, 0.717) is 36.7 Å². The second kappa shape index (κ2) is 8.77. The molecule has 0 saturated carbocycles. The molecule has 4 heteroatoms. The minimum Gasteiger partial charge on any atom is -0.493 e. The summed E-state index contributed by atoms with van der Waals surface area (Å²) in [6, 6.07) is 11.3. The van der Waals surface area contributed by atoms with Gasteiger partial charge in [-0.3, -0.25) is 4.79 Å². The summed E-state index contributed by atoms with van der Waals surface area (Å²) < 4.78 is 16.8. The monoisotopic (exact) mass is 326 g/mol. The van der Waals surface area contributed by atoms with Crippen LogP contribution in [0.3, 0.4) is 0 Å². The molecule has 0 N–H and O–H groups in total. The molecule has 0 aliphatic heterocycles. The number of rotatable bonds is 9. The Morgan fingerprint density at radius 3 is 2.42 bits per heavy atom. The number of aryl methyl sites for hydroxylation is 1. The number of methoxy groups -OCH3 is 1. The largest absolute Gasteiger partial charge is 0.493 e. The highest BCUT2D eigenvalue weighted by molar-refractivity contribution is 5.77. The van der Waals surface area contributed by atoms with Crippen LogP contribution in [0.25, 0.3) is 0 Å². The van der Waals surface area contributed by atoms with Crippen molar-refractivity contribution in [2.45, 2.75) is 13.3 Å². The number of hydrogen-bond acceptors (Lipinski definition) is 4. The number of carbonyl (C=O) groups is 1. The van der Waals surface area contributed by atoms with Crippen LogP contribution in [0.1, 0.15) is 21.5 Å². The van der Waals surface area contributed by atoms with E-state index >= 15 is 0 Å². The second-order valence-electron chi connectivity index (χ2n) is 5.33. The molecule has 0 fully saturated rings. The average molecular weight is 326 g/mol. The summed E-state index contributed by atoms with van der Waals surface area (Å²) in [5.74, 6) is 1.96. The van der Waals surface area contributed by atoms with Gasteiger partial charge in [0.25, 0.3) is 0 Å². The molecule has 126 valence electrons. The van der Waals surface area contributed by atoms with Crippen LogP contribution in [0.5, 0.6) is 17.2 Å². The summed E-state index contributed by atoms with van der Waals surface area (Å²) in [6.07, 6.45) is 3.14. The van der Waals surface area contributed by atoms with Crippen LogP contribution < -0.4 is 14.2 Å². The van der Waals surface area contributed by atoms with E-state index in [0.717, 1.165) is 17.6 Å². The van der Waals surface area contributed by atoms with Crippen molar-refractivity contribution in [1.29, 1.82) is 0 Å². The molecule has 0 aliphatic rings. The zero-order chi connectivity index (χ0) is 17.4. The van der Waals surface area contributed by atoms with Crippen molar-refractivity contribution in [1.82, 2.24) is 0 Å². The molecule has 0 bridgehead atoms. The summed E-state index contributed by atoms with van der Waals surface area (Å²) in [6.45, 7) is 6.55. The molecule has 0 aliphatic carbocycles. The molecule has 0 heterocycles. The zero-order valence-corrected chi connectivity index (χ0v) is 14.1. The van der Waals surface area contributed by atoms with Crippen molar-refractivity contribution < 1.29 is 19.0 Å². The molecule has 24 heavy (non-hydrogen) atoms. The topological polar surface area (TPSA) is 44.8 Å². The lowest BCUT2D eigenvalue weighted by atomic mass is 10.1. The molecule has 2 rings (SSSR count). The van der Waals surface area contributed by atoms with E-state index in [2.05, 4.69) is 6.58 Å². The molecule has 0 amide bonds. The van der Waals surface area contributed by atoms with E-state index in [4.69, 9.17) is 14.2 Å². The highest BCUT2D eigenvalue weighted by atomic mass is 16.5. The predicted molar refractivity (Wildman–Crippen MR) is 94.5 cm³/mol. The van der Waals surface area contributed by atoms with Gasteiger partial charge in [0.05, 0.1) is 7.11 Å². The van der Waals surface area contributed by atoms with Gasteiger partial charge >= 0.3 is 0 Å². The number of allylic oxidation sites excluding steroid dienone is 1. The van der Waals surface area contributed by atoms with Gasteiger partial charge in [0.2, 0.25) is 0 Å². The lowest BCUT2D eigenvalue weighted by Gasteiger charge is -2.15. The lowest BCUT2D eigenvalue weighted by Crippen LogP contribution is -2.11. The van der Waals surface area contributed by atoms with Crippen molar-refractivity contribution in [3.8, 4) is 17.2 Å². The Balaban J connectivity index is 2.03. The molecule has 2 aromatic rings. The maximum atomic E-state index is 11.0. The van der Waals surface area contributed by atoms with Crippen LogP contribution in [0, 0.1) is 6.92 Å². The third kappa shape index (κ3) is 4.62.